The molecule has 0 saturated heterocycles. The summed E-state index contributed by atoms with van der Waals surface area (Å²) in [5.41, 5.74) is 1.05. The average molecular weight is 345 g/mol. The Labute approximate surface area is 142 Å². The van der Waals surface area contributed by atoms with E-state index in [9.17, 15) is 13.2 Å². The number of nitriles is 1. The van der Waals surface area contributed by atoms with Crippen LogP contribution in [0.5, 0.6) is 5.75 Å². The number of aromatic nitrogens is 2. The molecule has 0 atom stereocenters. The topological polar surface area (TPSA) is 50.3 Å². The number of benzene rings is 1. The fraction of sp³-hybridized carbons (Fsp3) is 0.222. The molecule has 25 heavy (non-hydrogen) atoms. The number of hydrogen-bond donors (Lipinski definition) is 0. The van der Waals surface area contributed by atoms with Gasteiger partial charge in [-0.25, -0.2) is 4.98 Å². The zero-order valence-corrected chi connectivity index (χ0v) is 13.3. The zero-order chi connectivity index (χ0) is 18.0. The smallest absolute Gasteiger partial charge is 0.417 e. The third kappa shape index (κ3) is 3.15. The van der Waals surface area contributed by atoms with Crippen LogP contribution in [0.25, 0.3) is 16.9 Å². The van der Waals surface area contributed by atoms with Crippen LogP contribution in [0.4, 0.5) is 13.2 Å². The molecule has 0 spiro atoms. The molecule has 0 unspecified atom stereocenters. The Hall–Kier alpha value is -3.01. The quantitative estimate of drug-likeness (QED) is 0.700. The van der Waals surface area contributed by atoms with Gasteiger partial charge in [0.15, 0.2) is 0 Å². The van der Waals surface area contributed by atoms with Crippen LogP contribution in [0, 0.1) is 11.3 Å². The minimum atomic E-state index is -4.47. The molecule has 0 N–H and O–H groups in total. The van der Waals surface area contributed by atoms with E-state index in [1.165, 1.54) is 10.5 Å². The number of nitrogens with zero attached hydrogens (tertiary/aromatic N) is 3. The lowest BCUT2D eigenvalue weighted by Crippen LogP contribution is -2.07. The van der Waals surface area contributed by atoms with Crippen LogP contribution in [-0.4, -0.2) is 16.0 Å². The Morgan fingerprint density at radius 2 is 1.96 bits per heavy atom. The number of halogens is 3. The summed E-state index contributed by atoms with van der Waals surface area (Å²) in [6.45, 7) is 2.28. The number of hydrogen-bond acceptors (Lipinski definition) is 3. The second-order valence-electron chi connectivity index (χ2n) is 5.31. The van der Waals surface area contributed by atoms with E-state index in [-0.39, 0.29) is 6.42 Å². The molecule has 7 heteroatoms. The predicted octanol–water partition coefficient (Wildman–Crippen LogP) is 4.48. The maximum atomic E-state index is 13.0. The number of para-hydroxylation sites is 1. The first-order chi connectivity index (χ1) is 12.0. The van der Waals surface area contributed by atoms with Crippen LogP contribution >= 0.6 is 0 Å². The van der Waals surface area contributed by atoms with E-state index in [2.05, 4.69) is 4.98 Å². The van der Waals surface area contributed by atoms with E-state index in [0.717, 1.165) is 12.3 Å². The lowest BCUT2D eigenvalue weighted by atomic mass is 10.1. The number of pyridine rings is 1. The van der Waals surface area contributed by atoms with Crippen molar-refractivity contribution in [3.05, 3.63) is 53.9 Å². The number of fused-ring (bicyclic) bond motifs is 1. The molecule has 0 saturated carbocycles. The first-order valence-electron chi connectivity index (χ1n) is 7.63. The Balaban J connectivity index is 2.26. The standard InChI is InChI=1S/C18H14F3N3O/c1-2-25-15-6-4-3-5-13(15)17-14(9-10-22)24-11-12(18(19,20)21)7-8-16(24)23-17/h3-8,11H,2,9H2,1H3. The van der Waals surface area contributed by atoms with Gasteiger partial charge in [0.2, 0.25) is 0 Å². The van der Waals surface area contributed by atoms with Gasteiger partial charge in [-0.3, -0.25) is 0 Å². The number of ether oxygens (including phenoxy) is 1. The minimum Gasteiger partial charge on any atom is -0.493 e. The number of imidazole rings is 1. The summed E-state index contributed by atoms with van der Waals surface area (Å²) in [4.78, 5) is 4.43. The van der Waals surface area contributed by atoms with E-state index >= 15 is 0 Å². The predicted molar refractivity (Wildman–Crippen MR) is 86.1 cm³/mol. The highest BCUT2D eigenvalue weighted by Crippen LogP contribution is 2.34. The van der Waals surface area contributed by atoms with Gasteiger partial charge in [-0.15, -0.1) is 0 Å². The molecule has 4 nitrogen and oxygen atoms in total. The molecule has 3 aromatic rings. The highest BCUT2D eigenvalue weighted by molar-refractivity contribution is 5.72. The van der Waals surface area contributed by atoms with Crippen molar-refractivity contribution in [3.63, 3.8) is 0 Å². The first-order valence-corrected chi connectivity index (χ1v) is 7.63. The third-order valence-corrected chi connectivity index (χ3v) is 3.73. The van der Waals surface area contributed by atoms with E-state index < -0.39 is 11.7 Å². The summed E-state index contributed by atoms with van der Waals surface area (Å²) in [6.07, 6.45) is -3.56. The third-order valence-electron chi connectivity index (χ3n) is 3.73. The Morgan fingerprint density at radius 3 is 2.64 bits per heavy atom. The molecule has 0 fully saturated rings. The Kier molecular flexibility index (Phi) is 4.36. The molecule has 0 bridgehead atoms. The van der Waals surface area contributed by atoms with Gasteiger partial charge in [0.1, 0.15) is 11.4 Å². The van der Waals surface area contributed by atoms with Crippen LogP contribution in [0.1, 0.15) is 18.2 Å². The lowest BCUT2D eigenvalue weighted by molar-refractivity contribution is -0.137. The summed E-state index contributed by atoms with van der Waals surface area (Å²) < 4.78 is 45.9. The van der Waals surface area contributed by atoms with Crippen molar-refractivity contribution >= 4 is 5.65 Å². The molecule has 128 valence electrons. The molecule has 0 aliphatic rings. The maximum absolute atomic E-state index is 13.0. The van der Waals surface area contributed by atoms with Crippen molar-refractivity contribution in [2.45, 2.75) is 19.5 Å². The monoisotopic (exact) mass is 345 g/mol. The molecule has 0 amide bonds. The van der Waals surface area contributed by atoms with Gasteiger partial charge in [-0.1, -0.05) is 12.1 Å². The van der Waals surface area contributed by atoms with Crippen LogP contribution in [-0.2, 0) is 12.6 Å². The molecular formula is C18H14F3N3O. The second kappa shape index (κ2) is 6.48. The van der Waals surface area contributed by atoms with E-state index in [1.54, 1.807) is 24.3 Å². The first kappa shape index (κ1) is 16.8. The SMILES string of the molecule is CCOc1ccccc1-c1nc2ccc(C(F)(F)F)cn2c1CC#N. The van der Waals surface area contributed by atoms with E-state index in [0.29, 0.717) is 35.0 Å². The Bertz CT molecular complexity index is 954. The summed E-state index contributed by atoms with van der Waals surface area (Å²) in [5, 5.41) is 9.13. The zero-order valence-electron chi connectivity index (χ0n) is 13.3. The fourth-order valence-corrected chi connectivity index (χ4v) is 2.66. The van der Waals surface area contributed by atoms with Gasteiger partial charge in [0.25, 0.3) is 0 Å². The van der Waals surface area contributed by atoms with E-state index in [4.69, 9.17) is 10.00 Å². The second-order valence-corrected chi connectivity index (χ2v) is 5.31. The van der Waals surface area contributed by atoms with Crippen molar-refractivity contribution in [1.82, 2.24) is 9.38 Å². The summed E-state index contributed by atoms with van der Waals surface area (Å²) in [7, 11) is 0. The van der Waals surface area contributed by atoms with Crippen molar-refractivity contribution in [2.24, 2.45) is 0 Å². The maximum Gasteiger partial charge on any atom is 0.417 e. The molecule has 3 rings (SSSR count). The summed E-state index contributed by atoms with van der Waals surface area (Å²) in [5.74, 6) is 0.573. The summed E-state index contributed by atoms with van der Waals surface area (Å²) in [6, 6.07) is 11.4. The summed E-state index contributed by atoms with van der Waals surface area (Å²) >= 11 is 0. The van der Waals surface area contributed by atoms with Crippen molar-refractivity contribution in [2.75, 3.05) is 6.61 Å². The lowest BCUT2D eigenvalue weighted by Gasteiger charge is -2.10. The molecule has 0 aliphatic carbocycles. The van der Waals surface area contributed by atoms with Crippen molar-refractivity contribution in [3.8, 4) is 23.1 Å². The number of rotatable bonds is 4. The molecular weight excluding hydrogens is 331 g/mol. The molecule has 1 aromatic carbocycles. The van der Waals surface area contributed by atoms with Gasteiger partial charge in [0.05, 0.1) is 36.0 Å². The molecule has 0 radical (unpaired) electrons. The normalized spacial score (nSPS) is 11.5. The van der Waals surface area contributed by atoms with Gasteiger partial charge in [0, 0.05) is 11.8 Å². The number of alkyl halides is 3. The highest BCUT2D eigenvalue weighted by Gasteiger charge is 2.31. The van der Waals surface area contributed by atoms with Crippen LogP contribution in [0.15, 0.2) is 42.6 Å². The van der Waals surface area contributed by atoms with Crippen molar-refractivity contribution in [1.29, 1.82) is 5.26 Å². The molecule has 0 aliphatic heterocycles. The van der Waals surface area contributed by atoms with Gasteiger partial charge in [-0.2, -0.15) is 18.4 Å². The van der Waals surface area contributed by atoms with Gasteiger partial charge < -0.3 is 9.14 Å². The average Bonchev–Trinajstić information content (AvgIpc) is 2.93. The fourth-order valence-electron chi connectivity index (χ4n) is 2.66. The Morgan fingerprint density at radius 1 is 1.20 bits per heavy atom. The van der Waals surface area contributed by atoms with Gasteiger partial charge >= 0.3 is 6.18 Å². The molecule has 2 heterocycles. The largest absolute Gasteiger partial charge is 0.493 e. The van der Waals surface area contributed by atoms with Crippen molar-refractivity contribution < 1.29 is 17.9 Å². The van der Waals surface area contributed by atoms with E-state index in [1.807, 2.05) is 13.0 Å². The van der Waals surface area contributed by atoms with Gasteiger partial charge in [-0.05, 0) is 31.2 Å². The molecule has 2 aromatic heterocycles. The minimum absolute atomic E-state index is 0.0712. The highest BCUT2D eigenvalue weighted by atomic mass is 19.4. The van der Waals surface area contributed by atoms with Crippen LogP contribution in [0.2, 0.25) is 0 Å². The van der Waals surface area contributed by atoms with Crippen LogP contribution < -0.4 is 4.74 Å². The van der Waals surface area contributed by atoms with Crippen LogP contribution in [0.3, 0.4) is 0 Å².